The fourth-order valence-electron chi connectivity index (χ4n) is 4.84. The molecule has 3 spiro atoms. The van der Waals surface area contributed by atoms with Crippen LogP contribution in [0.1, 0.15) is 44.1 Å². The summed E-state index contributed by atoms with van der Waals surface area (Å²) in [7, 11) is 1.66. The molecule has 2 aliphatic carbocycles. The zero-order valence-electron chi connectivity index (χ0n) is 15.9. The number of benzene rings is 1. The number of morpholine rings is 1. The molecule has 4 fully saturated rings. The number of carbonyl (C=O) groups is 1. The molecule has 6 nitrogen and oxygen atoms in total. The topological polar surface area (TPSA) is 57.2 Å². The van der Waals surface area contributed by atoms with Crippen LogP contribution in [0.5, 0.6) is 5.75 Å². The summed E-state index contributed by atoms with van der Waals surface area (Å²) in [6, 6.07) is 7.96. The van der Waals surface area contributed by atoms with Gasteiger partial charge in [0.1, 0.15) is 11.4 Å². The number of hydrogen-bond donors (Lipinski definition) is 0. The van der Waals surface area contributed by atoms with Crippen LogP contribution < -0.4 is 4.74 Å². The summed E-state index contributed by atoms with van der Waals surface area (Å²) in [4.78, 5) is 15.0. The highest BCUT2D eigenvalue weighted by atomic mass is 16.7. The second kappa shape index (κ2) is 6.19. The Morgan fingerprint density at radius 3 is 2.26 bits per heavy atom. The van der Waals surface area contributed by atoms with Crippen molar-refractivity contribution in [1.82, 2.24) is 4.90 Å². The van der Waals surface area contributed by atoms with Crippen molar-refractivity contribution in [3.05, 3.63) is 29.8 Å². The molecule has 2 saturated carbocycles. The number of carbonyl (C=O) groups excluding carboxylic acids is 1. The van der Waals surface area contributed by atoms with Gasteiger partial charge in [0, 0.05) is 19.4 Å². The molecule has 5 rings (SSSR count). The molecular weight excluding hydrogens is 346 g/mol. The largest absolute Gasteiger partial charge is 0.497 e. The number of methoxy groups -OCH3 is 1. The smallest absolute Gasteiger partial charge is 0.255 e. The Morgan fingerprint density at radius 1 is 1.00 bits per heavy atom. The average molecular weight is 373 g/mol. The first-order chi connectivity index (χ1) is 13.1. The van der Waals surface area contributed by atoms with Gasteiger partial charge < -0.3 is 23.8 Å². The molecule has 1 aromatic rings. The summed E-state index contributed by atoms with van der Waals surface area (Å²) < 4.78 is 23.5. The lowest BCUT2D eigenvalue weighted by Gasteiger charge is -2.50. The maximum absolute atomic E-state index is 13.0. The van der Waals surface area contributed by atoms with E-state index in [1.54, 1.807) is 7.11 Å². The molecule has 0 atom stereocenters. The number of nitrogens with zero attached hydrogens (tertiary/aromatic N) is 1. The Labute approximate surface area is 159 Å². The Balaban J connectivity index is 1.33. The Kier molecular flexibility index (Phi) is 4.00. The van der Waals surface area contributed by atoms with E-state index in [9.17, 15) is 4.79 Å². The van der Waals surface area contributed by atoms with Crippen molar-refractivity contribution in [2.45, 2.75) is 62.1 Å². The van der Waals surface area contributed by atoms with Crippen molar-refractivity contribution in [2.75, 3.05) is 26.9 Å². The summed E-state index contributed by atoms with van der Waals surface area (Å²) in [5.41, 5.74) is 0.274. The standard InChI is InChI=1S/C21H27NO5/c1-24-17-4-2-16(3-5-17)14-22-15-19(27-20(8-9-20)18(22)23)6-10-21(11-7-19)25-12-13-26-21/h2-5H,6-15H2,1H3. The second-order valence-corrected chi connectivity index (χ2v) is 8.40. The highest BCUT2D eigenvalue weighted by Crippen LogP contribution is 2.53. The van der Waals surface area contributed by atoms with E-state index < -0.39 is 11.4 Å². The third kappa shape index (κ3) is 3.04. The normalized spacial score (nSPS) is 27.4. The first-order valence-corrected chi connectivity index (χ1v) is 9.97. The Bertz CT molecular complexity index is 711. The third-order valence-corrected chi connectivity index (χ3v) is 6.54. The van der Waals surface area contributed by atoms with E-state index in [4.69, 9.17) is 18.9 Å². The molecule has 0 unspecified atom stereocenters. The van der Waals surface area contributed by atoms with Gasteiger partial charge in [0.25, 0.3) is 5.91 Å². The van der Waals surface area contributed by atoms with Crippen LogP contribution in [0.25, 0.3) is 0 Å². The Hall–Kier alpha value is -1.63. The molecule has 2 saturated heterocycles. The van der Waals surface area contributed by atoms with Gasteiger partial charge in [0.15, 0.2) is 5.79 Å². The van der Waals surface area contributed by atoms with Crippen LogP contribution in [0, 0.1) is 0 Å². The van der Waals surface area contributed by atoms with Crippen molar-refractivity contribution in [3.8, 4) is 5.75 Å². The molecule has 0 aromatic heterocycles. The van der Waals surface area contributed by atoms with Crippen LogP contribution in [-0.2, 0) is 25.5 Å². The van der Waals surface area contributed by atoms with Gasteiger partial charge >= 0.3 is 0 Å². The lowest BCUT2D eigenvalue weighted by molar-refractivity contribution is -0.239. The van der Waals surface area contributed by atoms with E-state index in [0.29, 0.717) is 26.3 Å². The predicted octanol–water partition coefficient (Wildman–Crippen LogP) is 2.64. The van der Waals surface area contributed by atoms with Crippen LogP contribution >= 0.6 is 0 Å². The number of hydrogen-bond acceptors (Lipinski definition) is 5. The predicted molar refractivity (Wildman–Crippen MR) is 97.3 cm³/mol. The fraction of sp³-hybridized carbons (Fsp3) is 0.667. The van der Waals surface area contributed by atoms with Gasteiger partial charge in [-0.05, 0) is 43.4 Å². The highest BCUT2D eigenvalue weighted by molar-refractivity contribution is 5.89. The van der Waals surface area contributed by atoms with Crippen LogP contribution in [0.3, 0.4) is 0 Å². The molecule has 27 heavy (non-hydrogen) atoms. The van der Waals surface area contributed by atoms with Crippen LogP contribution in [0.2, 0.25) is 0 Å². The molecule has 0 radical (unpaired) electrons. The molecule has 4 aliphatic rings. The maximum atomic E-state index is 13.0. The number of amides is 1. The fourth-order valence-corrected chi connectivity index (χ4v) is 4.84. The molecule has 2 heterocycles. The van der Waals surface area contributed by atoms with Crippen molar-refractivity contribution >= 4 is 5.91 Å². The molecule has 1 aromatic carbocycles. The first-order valence-electron chi connectivity index (χ1n) is 9.97. The first kappa shape index (κ1) is 17.5. The van der Waals surface area contributed by atoms with E-state index in [1.807, 2.05) is 29.2 Å². The van der Waals surface area contributed by atoms with Gasteiger partial charge in [-0.2, -0.15) is 0 Å². The van der Waals surface area contributed by atoms with Crippen LogP contribution in [-0.4, -0.2) is 54.7 Å². The van der Waals surface area contributed by atoms with Gasteiger partial charge in [0.2, 0.25) is 0 Å². The van der Waals surface area contributed by atoms with Gasteiger partial charge in [-0.1, -0.05) is 12.1 Å². The molecule has 1 amide bonds. The van der Waals surface area contributed by atoms with Crippen molar-refractivity contribution in [1.29, 1.82) is 0 Å². The molecule has 2 aliphatic heterocycles. The lowest BCUT2D eigenvalue weighted by atomic mass is 9.79. The monoisotopic (exact) mass is 373 g/mol. The molecular formula is C21H27NO5. The molecule has 0 bridgehead atoms. The van der Waals surface area contributed by atoms with E-state index in [-0.39, 0.29) is 11.5 Å². The minimum atomic E-state index is -0.577. The third-order valence-electron chi connectivity index (χ3n) is 6.54. The summed E-state index contributed by atoms with van der Waals surface area (Å²) >= 11 is 0. The summed E-state index contributed by atoms with van der Waals surface area (Å²) in [5.74, 6) is 0.571. The van der Waals surface area contributed by atoms with E-state index >= 15 is 0 Å². The number of rotatable bonds is 3. The van der Waals surface area contributed by atoms with Crippen molar-refractivity contribution in [3.63, 3.8) is 0 Å². The average Bonchev–Trinajstić information content (AvgIpc) is 3.31. The van der Waals surface area contributed by atoms with Crippen LogP contribution in [0.4, 0.5) is 0 Å². The highest BCUT2D eigenvalue weighted by Gasteiger charge is 2.62. The maximum Gasteiger partial charge on any atom is 0.255 e. The van der Waals surface area contributed by atoms with Gasteiger partial charge in [-0.3, -0.25) is 4.79 Å². The van der Waals surface area contributed by atoms with E-state index in [1.165, 1.54) is 0 Å². The lowest BCUT2D eigenvalue weighted by Crippen LogP contribution is -2.61. The van der Waals surface area contributed by atoms with Gasteiger partial charge in [0.05, 0.1) is 32.5 Å². The summed E-state index contributed by atoms with van der Waals surface area (Å²) in [6.45, 7) is 2.63. The van der Waals surface area contributed by atoms with Crippen molar-refractivity contribution in [2.24, 2.45) is 0 Å². The molecule has 0 N–H and O–H groups in total. The quantitative estimate of drug-likeness (QED) is 0.815. The van der Waals surface area contributed by atoms with Crippen LogP contribution in [0.15, 0.2) is 24.3 Å². The number of ether oxygens (including phenoxy) is 4. The molecule has 146 valence electrons. The van der Waals surface area contributed by atoms with Gasteiger partial charge in [-0.25, -0.2) is 0 Å². The van der Waals surface area contributed by atoms with E-state index in [2.05, 4.69) is 0 Å². The van der Waals surface area contributed by atoms with Gasteiger partial charge in [-0.15, -0.1) is 0 Å². The summed E-state index contributed by atoms with van der Waals surface area (Å²) in [6.07, 6.45) is 5.11. The summed E-state index contributed by atoms with van der Waals surface area (Å²) in [5, 5.41) is 0. The minimum Gasteiger partial charge on any atom is -0.497 e. The van der Waals surface area contributed by atoms with E-state index in [0.717, 1.165) is 49.8 Å². The SMILES string of the molecule is COc1ccc(CN2CC3(CCC4(CC3)OCCO4)OC3(CC3)C2=O)cc1. The Morgan fingerprint density at radius 2 is 1.67 bits per heavy atom. The minimum absolute atomic E-state index is 0.151. The zero-order valence-corrected chi connectivity index (χ0v) is 15.9. The molecule has 6 heteroatoms. The van der Waals surface area contributed by atoms with Crippen molar-refractivity contribution < 1.29 is 23.7 Å². The zero-order chi connectivity index (χ0) is 18.5. The second-order valence-electron chi connectivity index (χ2n) is 8.40.